The fourth-order valence-corrected chi connectivity index (χ4v) is 1.63. The highest BCUT2D eigenvalue weighted by Gasteiger charge is 2.08. The van der Waals surface area contributed by atoms with Gasteiger partial charge in [0.15, 0.2) is 5.15 Å². The third-order valence-corrected chi connectivity index (χ3v) is 2.76. The van der Waals surface area contributed by atoms with Crippen molar-refractivity contribution in [1.82, 2.24) is 4.98 Å². The van der Waals surface area contributed by atoms with Crippen molar-refractivity contribution in [2.24, 2.45) is 5.73 Å². The van der Waals surface area contributed by atoms with E-state index >= 15 is 0 Å². The second-order valence-corrected chi connectivity index (χ2v) is 4.05. The molecule has 1 heterocycles. The number of nitrogens with one attached hydrogen (secondary N) is 1. The monoisotopic (exact) mass is 261 g/mol. The number of carbonyl (C=O) groups excluding carboxylic acids is 1. The predicted molar refractivity (Wildman–Crippen MR) is 71.5 cm³/mol. The van der Waals surface area contributed by atoms with Gasteiger partial charge in [0.2, 0.25) is 0 Å². The first kappa shape index (κ1) is 12.5. The third-order valence-electron chi connectivity index (χ3n) is 2.46. The molecule has 4 nitrogen and oxygen atoms in total. The molecule has 0 radical (unpaired) electrons. The van der Waals surface area contributed by atoms with Gasteiger partial charge >= 0.3 is 0 Å². The van der Waals surface area contributed by atoms with Crippen molar-refractivity contribution < 1.29 is 4.79 Å². The molecule has 0 spiro atoms. The molecule has 3 N–H and O–H groups in total. The van der Waals surface area contributed by atoms with Gasteiger partial charge in [0.25, 0.3) is 5.91 Å². The molecule has 0 fully saturated rings. The van der Waals surface area contributed by atoms with E-state index in [1.165, 1.54) is 0 Å². The van der Waals surface area contributed by atoms with Crippen LogP contribution in [0, 0.1) is 0 Å². The number of rotatable bonds is 3. The predicted octanol–water partition coefficient (Wildman–Crippen LogP) is 2.45. The Balaban J connectivity index is 2.14. The maximum absolute atomic E-state index is 11.9. The van der Waals surface area contributed by atoms with Crippen LogP contribution in [0.25, 0.3) is 0 Å². The summed E-state index contributed by atoms with van der Waals surface area (Å²) in [7, 11) is 0. The lowest BCUT2D eigenvalue weighted by atomic mass is 10.1. The lowest BCUT2D eigenvalue weighted by Gasteiger charge is -2.06. The number of pyridine rings is 1. The molecule has 92 valence electrons. The number of nitrogens with zero attached hydrogens (tertiary/aromatic N) is 1. The summed E-state index contributed by atoms with van der Waals surface area (Å²) in [5.41, 5.74) is 7.51. The minimum Gasteiger partial charge on any atom is -0.326 e. The molecule has 0 saturated carbocycles. The Kier molecular flexibility index (Phi) is 3.92. The van der Waals surface area contributed by atoms with Crippen LogP contribution in [0.4, 0.5) is 5.69 Å². The van der Waals surface area contributed by atoms with Crippen molar-refractivity contribution in [2.75, 3.05) is 5.32 Å². The van der Waals surface area contributed by atoms with Crippen LogP contribution in [0.1, 0.15) is 15.9 Å². The average Bonchev–Trinajstić information content (AvgIpc) is 2.41. The number of amides is 1. The number of benzene rings is 1. The maximum atomic E-state index is 11.9. The molecule has 2 rings (SSSR count). The van der Waals surface area contributed by atoms with E-state index < -0.39 is 0 Å². The minimum absolute atomic E-state index is 0.228. The van der Waals surface area contributed by atoms with Gasteiger partial charge in [0.1, 0.15) is 0 Å². The number of nitrogens with two attached hydrogens (primary N) is 1. The zero-order valence-corrected chi connectivity index (χ0v) is 10.3. The number of aromatic nitrogens is 1. The third kappa shape index (κ3) is 2.85. The molecule has 18 heavy (non-hydrogen) atoms. The van der Waals surface area contributed by atoms with E-state index in [1.54, 1.807) is 30.5 Å². The second kappa shape index (κ2) is 5.62. The highest BCUT2D eigenvalue weighted by molar-refractivity contribution is 6.32. The lowest BCUT2D eigenvalue weighted by molar-refractivity contribution is 0.102. The summed E-state index contributed by atoms with van der Waals surface area (Å²) in [6.07, 6.45) is 1.56. The highest BCUT2D eigenvalue weighted by Crippen LogP contribution is 2.18. The van der Waals surface area contributed by atoms with Crippen molar-refractivity contribution in [1.29, 1.82) is 0 Å². The molecule has 0 aliphatic rings. The fraction of sp³-hybridized carbons (Fsp3) is 0.0769. The normalized spacial score (nSPS) is 10.1. The van der Waals surface area contributed by atoms with E-state index in [2.05, 4.69) is 10.3 Å². The van der Waals surface area contributed by atoms with Gasteiger partial charge in [-0.3, -0.25) is 4.79 Å². The van der Waals surface area contributed by atoms with Crippen LogP contribution in [-0.4, -0.2) is 10.9 Å². The van der Waals surface area contributed by atoms with E-state index in [9.17, 15) is 4.79 Å². The largest absolute Gasteiger partial charge is 0.326 e. The first-order valence-corrected chi connectivity index (χ1v) is 5.79. The van der Waals surface area contributed by atoms with E-state index in [-0.39, 0.29) is 11.1 Å². The van der Waals surface area contributed by atoms with Crippen LogP contribution in [-0.2, 0) is 6.54 Å². The molecule has 0 unspecified atom stereocenters. The van der Waals surface area contributed by atoms with Gasteiger partial charge in [-0.2, -0.15) is 0 Å². The minimum atomic E-state index is -0.228. The van der Waals surface area contributed by atoms with E-state index in [0.29, 0.717) is 17.8 Å². The number of anilines is 1. The molecule has 1 aromatic heterocycles. The van der Waals surface area contributed by atoms with Crippen molar-refractivity contribution in [3.63, 3.8) is 0 Å². The standard InChI is InChI=1S/C13H12ClN3O/c14-12-11(2-1-7-16-12)17-13(18)10-5-3-9(8-15)4-6-10/h1-7H,8,15H2,(H,17,18). The van der Waals surface area contributed by atoms with Crippen molar-refractivity contribution in [3.8, 4) is 0 Å². The number of hydrogen-bond donors (Lipinski definition) is 2. The number of hydrogen-bond acceptors (Lipinski definition) is 3. The molecular formula is C13H12ClN3O. The van der Waals surface area contributed by atoms with Crippen LogP contribution in [0.2, 0.25) is 5.15 Å². The van der Waals surface area contributed by atoms with Gasteiger partial charge in [-0.15, -0.1) is 0 Å². The Labute approximate surface area is 110 Å². The smallest absolute Gasteiger partial charge is 0.255 e. The first-order valence-electron chi connectivity index (χ1n) is 5.41. The summed E-state index contributed by atoms with van der Waals surface area (Å²) >= 11 is 5.86. The van der Waals surface area contributed by atoms with Crippen molar-refractivity contribution >= 4 is 23.2 Å². The molecule has 0 aliphatic heterocycles. The topological polar surface area (TPSA) is 68.0 Å². The molecular weight excluding hydrogens is 250 g/mol. The summed E-state index contributed by atoms with van der Waals surface area (Å²) in [5.74, 6) is -0.228. The Morgan fingerprint density at radius 3 is 2.61 bits per heavy atom. The lowest BCUT2D eigenvalue weighted by Crippen LogP contribution is -2.12. The van der Waals surface area contributed by atoms with Crippen LogP contribution < -0.4 is 11.1 Å². The molecule has 1 amide bonds. The molecule has 2 aromatic rings. The Hall–Kier alpha value is -1.91. The van der Waals surface area contributed by atoms with Gasteiger partial charge in [-0.25, -0.2) is 4.98 Å². The fourth-order valence-electron chi connectivity index (χ4n) is 1.47. The summed E-state index contributed by atoms with van der Waals surface area (Å²) in [6, 6.07) is 10.5. The summed E-state index contributed by atoms with van der Waals surface area (Å²) in [4.78, 5) is 15.8. The SMILES string of the molecule is NCc1ccc(C(=O)Nc2cccnc2Cl)cc1. The first-order chi connectivity index (χ1) is 8.70. The molecule has 5 heteroatoms. The van der Waals surface area contributed by atoms with E-state index in [0.717, 1.165) is 5.56 Å². The Bertz CT molecular complexity index is 554. The van der Waals surface area contributed by atoms with Crippen LogP contribution in [0.3, 0.4) is 0 Å². The summed E-state index contributed by atoms with van der Waals surface area (Å²) < 4.78 is 0. The Morgan fingerprint density at radius 1 is 1.28 bits per heavy atom. The molecule has 0 aliphatic carbocycles. The number of carbonyl (C=O) groups is 1. The zero-order valence-electron chi connectivity index (χ0n) is 9.56. The van der Waals surface area contributed by atoms with Crippen LogP contribution in [0.5, 0.6) is 0 Å². The molecule has 1 aromatic carbocycles. The van der Waals surface area contributed by atoms with Gasteiger partial charge in [-0.1, -0.05) is 23.7 Å². The average molecular weight is 262 g/mol. The van der Waals surface area contributed by atoms with E-state index in [4.69, 9.17) is 17.3 Å². The van der Waals surface area contributed by atoms with Gasteiger partial charge in [0, 0.05) is 18.3 Å². The number of halogens is 1. The van der Waals surface area contributed by atoms with E-state index in [1.807, 2.05) is 12.1 Å². The van der Waals surface area contributed by atoms with Crippen LogP contribution >= 0.6 is 11.6 Å². The Morgan fingerprint density at radius 2 is 2.00 bits per heavy atom. The van der Waals surface area contributed by atoms with Crippen molar-refractivity contribution in [2.45, 2.75) is 6.54 Å². The van der Waals surface area contributed by atoms with Crippen LogP contribution in [0.15, 0.2) is 42.6 Å². The van der Waals surface area contributed by atoms with Gasteiger partial charge in [-0.05, 0) is 29.8 Å². The highest BCUT2D eigenvalue weighted by atomic mass is 35.5. The molecule has 0 saturated heterocycles. The molecule has 0 atom stereocenters. The quantitative estimate of drug-likeness (QED) is 0.834. The van der Waals surface area contributed by atoms with Gasteiger partial charge in [0.05, 0.1) is 5.69 Å². The summed E-state index contributed by atoms with van der Waals surface area (Å²) in [5, 5.41) is 2.97. The second-order valence-electron chi connectivity index (χ2n) is 3.70. The maximum Gasteiger partial charge on any atom is 0.255 e. The zero-order chi connectivity index (χ0) is 13.0. The molecule has 0 bridgehead atoms. The van der Waals surface area contributed by atoms with Crippen molar-refractivity contribution in [3.05, 3.63) is 58.9 Å². The summed E-state index contributed by atoms with van der Waals surface area (Å²) in [6.45, 7) is 0.455. The van der Waals surface area contributed by atoms with Gasteiger partial charge < -0.3 is 11.1 Å².